The highest BCUT2D eigenvalue weighted by molar-refractivity contribution is 6.31. The second-order valence-electron chi connectivity index (χ2n) is 9.16. The molecule has 33 heavy (non-hydrogen) atoms. The van der Waals surface area contributed by atoms with Crippen LogP contribution in [0.2, 0.25) is 10.0 Å². The Balaban J connectivity index is 1.80. The lowest BCUT2D eigenvalue weighted by atomic mass is 9.53. The summed E-state index contributed by atoms with van der Waals surface area (Å²) in [4.78, 5) is 26.2. The molecule has 2 N–H and O–H groups in total. The zero-order chi connectivity index (χ0) is 24.0. The maximum Gasteiger partial charge on any atom is 0.230 e. The highest BCUT2D eigenvalue weighted by Gasteiger charge is 2.67. The summed E-state index contributed by atoms with van der Waals surface area (Å²) in [5.41, 5.74) is -1.78. The van der Waals surface area contributed by atoms with Gasteiger partial charge in [-0.1, -0.05) is 41.4 Å². The molecule has 1 saturated carbocycles. The number of hydrogen-bond acceptors (Lipinski definition) is 3. The Morgan fingerprint density at radius 2 is 1.79 bits per heavy atom. The lowest BCUT2D eigenvalue weighted by Gasteiger charge is -2.55. The van der Waals surface area contributed by atoms with Gasteiger partial charge in [-0.3, -0.25) is 18.4 Å². The summed E-state index contributed by atoms with van der Waals surface area (Å²) in [6.45, 7) is -0.443. The molecular weight excluding hydrogens is 476 g/mol. The van der Waals surface area contributed by atoms with Gasteiger partial charge in [-0.05, 0) is 49.6 Å². The molecule has 1 aliphatic heterocycles. The molecular formula is C24H23Cl2F3N2O2. The minimum absolute atomic E-state index is 0.00307. The summed E-state index contributed by atoms with van der Waals surface area (Å²) in [6, 6.07) is 9.99. The first-order valence-electron chi connectivity index (χ1n) is 10.6. The number of rotatable bonds is 6. The maximum atomic E-state index is 15.1. The Hall–Kier alpha value is -2.09. The first-order valence-corrected chi connectivity index (χ1v) is 11.3. The van der Waals surface area contributed by atoms with Gasteiger partial charge in [0.2, 0.25) is 5.91 Å². The first kappa shape index (κ1) is 24.0. The fourth-order valence-electron chi connectivity index (χ4n) is 5.55. The zero-order valence-electron chi connectivity index (χ0n) is 17.8. The van der Waals surface area contributed by atoms with Gasteiger partial charge in [0.1, 0.15) is 11.6 Å². The van der Waals surface area contributed by atoms with Crippen LogP contribution in [0.3, 0.4) is 0 Å². The Bertz CT molecular complexity index is 1090. The molecule has 4 nitrogen and oxygen atoms in total. The van der Waals surface area contributed by atoms with Crippen molar-refractivity contribution in [3.63, 3.8) is 0 Å². The number of amides is 1. The van der Waals surface area contributed by atoms with Crippen LogP contribution in [0.25, 0.3) is 0 Å². The Morgan fingerprint density at radius 1 is 1.12 bits per heavy atom. The predicted molar refractivity (Wildman–Crippen MR) is 122 cm³/mol. The van der Waals surface area contributed by atoms with Crippen LogP contribution >= 0.6 is 23.2 Å². The van der Waals surface area contributed by atoms with Crippen LogP contribution < -0.4 is 10.6 Å². The van der Waals surface area contributed by atoms with Crippen molar-refractivity contribution in [2.45, 2.75) is 37.3 Å². The summed E-state index contributed by atoms with van der Waals surface area (Å²) in [5, 5.41) is 6.23. The number of anilines is 1. The van der Waals surface area contributed by atoms with Gasteiger partial charge in [0.05, 0.1) is 30.3 Å². The molecule has 2 aromatic carbocycles. The van der Waals surface area contributed by atoms with Gasteiger partial charge >= 0.3 is 0 Å². The third-order valence-electron chi connectivity index (χ3n) is 6.86. The van der Waals surface area contributed by atoms with Gasteiger partial charge in [0, 0.05) is 27.6 Å². The van der Waals surface area contributed by atoms with Crippen molar-refractivity contribution in [2.24, 2.45) is 11.3 Å². The third kappa shape index (κ3) is 4.15. The van der Waals surface area contributed by atoms with Crippen molar-refractivity contribution in [1.29, 1.82) is 0 Å². The number of benzene rings is 2. The molecule has 2 aromatic rings. The van der Waals surface area contributed by atoms with E-state index < -0.39 is 53.9 Å². The minimum atomic E-state index is -1.23. The predicted octanol–water partition coefficient (Wildman–Crippen LogP) is 5.49. The monoisotopic (exact) mass is 498 g/mol. The maximum absolute atomic E-state index is 15.1. The molecule has 176 valence electrons. The second kappa shape index (κ2) is 8.93. The quantitative estimate of drug-likeness (QED) is 0.553. The minimum Gasteiger partial charge on any atom is -0.326 e. The van der Waals surface area contributed by atoms with Crippen molar-refractivity contribution >= 4 is 40.6 Å². The van der Waals surface area contributed by atoms with Crippen LogP contribution in [-0.2, 0) is 9.59 Å². The average molecular weight is 499 g/mol. The fourth-order valence-corrected chi connectivity index (χ4v) is 5.92. The number of carbonyl (C=O) groups excluding carboxylic acids is 2. The first-order chi connectivity index (χ1) is 15.6. The molecule has 2 fully saturated rings. The lowest BCUT2D eigenvalue weighted by Crippen LogP contribution is -2.65. The van der Waals surface area contributed by atoms with E-state index in [9.17, 15) is 18.4 Å². The molecule has 1 spiro atoms. The topological polar surface area (TPSA) is 58.2 Å². The molecule has 1 amide bonds. The highest BCUT2D eigenvalue weighted by Crippen LogP contribution is 2.60. The lowest BCUT2D eigenvalue weighted by molar-refractivity contribution is -0.128. The third-order valence-corrected chi connectivity index (χ3v) is 7.38. The molecule has 0 radical (unpaired) electrons. The Morgan fingerprint density at radius 3 is 2.39 bits per heavy atom. The summed E-state index contributed by atoms with van der Waals surface area (Å²) in [5.74, 6) is -3.43. The number of alkyl halides is 2. The van der Waals surface area contributed by atoms with Gasteiger partial charge in [-0.25, -0.2) is 4.39 Å². The average Bonchev–Trinajstić information content (AvgIpc) is 3.10. The normalized spacial score (nSPS) is 25.0. The summed E-state index contributed by atoms with van der Waals surface area (Å²) < 4.78 is 42.6. The fraction of sp³-hybridized carbons (Fsp3) is 0.417. The molecule has 1 saturated heterocycles. The number of ketones is 1. The summed E-state index contributed by atoms with van der Waals surface area (Å²) in [7, 11) is 0. The molecule has 2 aliphatic rings. The van der Waals surface area contributed by atoms with Crippen LogP contribution in [0.1, 0.15) is 31.2 Å². The molecule has 0 aromatic heterocycles. The summed E-state index contributed by atoms with van der Waals surface area (Å²) >= 11 is 12.0. The highest BCUT2D eigenvalue weighted by atomic mass is 35.5. The number of hydrogen-bond donors (Lipinski definition) is 2. The van der Waals surface area contributed by atoms with Gasteiger partial charge in [0.25, 0.3) is 0 Å². The molecule has 9 heteroatoms. The van der Waals surface area contributed by atoms with Crippen LogP contribution in [0.5, 0.6) is 0 Å². The van der Waals surface area contributed by atoms with Crippen LogP contribution in [0, 0.1) is 17.2 Å². The van der Waals surface area contributed by atoms with E-state index >= 15 is 4.39 Å². The van der Waals surface area contributed by atoms with Crippen molar-refractivity contribution in [1.82, 2.24) is 5.32 Å². The van der Waals surface area contributed by atoms with Gasteiger partial charge < -0.3 is 10.6 Å². The van der Waals surface area contributed by atoms with Gasteiger partial charge in [-0.15, -0.1) is 0 Å². The molecule has 0 unspecified atom stereocenters. The van der Waals surface area contributed by atoms with Crippen molar-refractivity contribution in [2.75, 3.05) is 18.7 Å². The Kier molecular flexibility index (Phi) is 6.51. The van der Waals surface area contributed by atoms with Crippen molar-refractivity contribution in [3.05, 3.63) is 63.9 Å². The SMILES string of the molecule is CC(=O)[C@@H]1NC2(CC(CF)(CF)C2)[C@@H](C(=O)Nc2cccc(Cl)c2)[C@H]1c1cccc(Cl)c1F. The van der Waals surface area contributed by atoms with Crippen molar-refractivity contribution < 1.29 is 22.8 Å². The standard InChI is InChI=1S/C24H23Cl2F3N2O2/c1-13(32)21-18(16-6-3-7-17(26)20(16)29)19(22(33)30-15-5-2-4-14(25)8-15)24(31-21)9-23(10-24,11-27)12-28/h2-8,18-19,21,31H,9-12H2,1H3,(H,30,33)/t18-,19-,21+/m1/s1. The Labute approximate surface area is 199 Å². The molecule has 1 aliphatic carbocycles. The van der Waals surface area contributed by atoms with E-state index in [0.29, 0.717) is 10.7 Å². The van der Waals surface area contributed by atoms with Gasteiger partial charge in [0.15, 0.2) is 0 Å². The van der Waals surface area contributed by atoms with Crippen LogP contribution in [0.4, 0.5) is 18.9 Å². The largest absolute Gasteiger partial charge is 0.326 e. The van der Waals surface area contributed by atoms with Gasteiger partial charge in [-0.2, -0.15) is 0 Å². The number of Topliss-reactive ketones (excluding diaryl/α,β-unsaturated/α-hetero) is 1. The number of carbonyl (C=O) groups is 2. The van der Waals surface area contributed by atoms with E-state index in [2.05, 4.69) is 10.6 Å². The van der Waals surface area contributed by atoms with E-state index in [1.807, 2.05) is 0 Å². The molecule has 3 atom stereocenters. The molecule has 1 heterocycles. The van der Waals surface area contributed by atoms with E-state index in [0.717, 1.165) is 0 Å². The van der Waals surface area contributed by atoms with Crippen LogP contribution in [0.15, 0.2) is 42.5 Å². The zero-order valence-corrected chi connectivity index (χ0v) is 19.3. The molecule has 0 bridgehead atoms. The van der Waals surface area contributed by atoms with Crippen LogP contribution in [-0.4, -0.2) is 36.6 Å². The van der Waals surface area contributed by atoms with E-state index in [1.54, 1.807) is 30.3 Å². The number of halogens is 5. The summed E-state index contributed by atoms with van der Waals surface area (Å²) in [6.07, 6.45) is 0.00615. The van der Waals surface area contributed by atoms with E-state index in [4.69, 9.17) is 23.2 Å². The van der Waals surface area contributed by atoms with E-state index in [-0.39, 0.29) is 29.2 Å². The molecule has 4 rings (SSSR count). The number of nitrogens with one attached hydrogen (secondary N) is 2. The smallest absolute Gasteiger partial charge is 0.230 e. The van der Waals surface area contributed by atoms with E-state index in [1.165, 1.54) is 19.1 Å². The second-order valence-corrected chi connectivity index (χ2v) is 10.00. The van der Waals surface area contributed by atoms with Crippen molar-refractivity contribution in [3.8, 4) is 0 Å².